The number of hydrogen-bond acceptors (Lipinski definition) is 2. The van der Waals surface area contributed by atoms with Crippen molar-refractivity contribution in [3.8, 4) is 0 Å². The van der Waals surface area contributed by atoms with Crippen LogP contribution in [0.4, 0.5) is 0 Å². The Morgan fingerprint density at radius 3 is 2.96 bits per heavy atom. The molecule has 2 unspecified atom stereocenters. The monoisotopic (exact) mass is 314 g/mol. The lowest BCUT2D eigenvalue weighted by Gasteiger charge is -2.33. The molecule has 1 saturated carbocycles. The van der Waals surface area contributed by atoms with Gasteiger partial charge in [0.1, 0.15) is 0 Å². The maximum absolute atomic E-state index is 11.5. The van der Waals surface area contributed by atoms with Crippen LogP contribution in [0.2, 0.25) is 0 Å². The fraction of sp³-hybridized carbons (Fsp3) is 0.571. The summed E-state index contributed by atoms with van der Waals surface area (Å²) in [5.74, 6) is 1.39. The topological polar surface area (TPSA) is 26.3 Å². The Morgan fingerprint density at radius 1 is 1.35 bits per heavy atom. The average molecular weight is 314 g/mol. The molecule has 0 N–H and O–H groups in total. The Labute approximate surface area is 141 Å². The minimum atomic E-state index is -0.269. The van der Waals surface area contributed by atoms with E-state index in [9.17, 15) is 4.79 Å². The lowest BCUT2D eigenvalue weighted by atomic mass is 9.72. The molecule has 2 aliphatic carbocycles. The number of allylic oxidation sites excluding steroid dienone is 6. The molecule has 0 aromatic carbocycles. The third-order valence-electron chi connectivity index (χ3n) is 5.35. The molecule has 0 heterocycles. The second-order valence-corrected chi connectivity index (χ2v) is 7.41. The van der Waals surface area contributed by atoms with Crippen molar-refractivity contribution in [2.45, 2.75) is 52.4 Å². The molecule has 0 aromatic heterocycles. The summed E-state index contributed by atoms with van der Waals surface area (Å²) >= 11 is 0. The molecular weight excluding hydrogens is 284 g/mol. The molecule has 0 aliphatic heterocycles. The van der Waals surface area contributed by atoms with Crippen molar-refractivity contribution in [1.82, 2.24) is 0 Å². The molecule has 126 valence electrons. The van der Waals surface area contributed by atoms with Gasteiger partial charge in [-0.15, -0.1) is 0 Å². The van der Waals surface area contributed by atoms with E-state index in [1.165, 1.54) is 31.8 Å². The number of carbonyl (C=O) groups is 1. The van der Waals surface area contributed by atoms with Gasteiger partial charge in [-0.3, -0.25) is 0 Å². The lowest BCUT2D eigenvalue weighted by molar-refractivity contribution is -0.137. The van der Waals surface area contributed by atoms with Gasteiger partial charge in [0.05, 0.1) is 6.61 Å². The van der Waals surface area contributed by atoms with E-state index in [1.807, 2.05) is 0 Å². The smallest absolute Gasteiger partial charge is 0.330 e. The predicted octanol–water partition coefficient (Wildman–Crippen LogP) is 5.38. The summed E-state index contributed by atoms with van der Waals surface area (Å²) in [5.41, 5.74) is 2.10. The van der Waals surface area contributed by atoms with E-state index in [2.05, 4.69) is 26.5 Å². The molecular formula is C21H30O2. The van der Waals surface area contributed by atoms with E-state index in [4.69, 9.17) is 4.74 Å². The van der Waals surface area contributed by atoms with E-state index in [1.54, 1.807) is 29.9 Å². The molecule has 0 spiro atoms. The number of esters is 1. The van der Waals surface area contributed by atoms with Gasteiger partial charge in [0.15, 0.2) is 0 Å². The molecule has 2 atom stereocenters. The van der Waals surface area contributed by atoms with Crippen LogP contribution in [0.15, 0.2) is 48.6 Å². The van der Waals surface area contributed by atoms with Gasteiger partial charge in [-0.2, -0.15) is 0 Å². The molecule has 2 aliphatic rings. The van der Waals surface area contributed by atoms with Crippen molar-refractivity contribution < 1.29 is 9.53 Å². The van der Waals surface area contributed by atoms with E-state index in [-0.39, 0.29) is 5.97 Å². The van der Waals surface area contributed by atoms with E-state index in [0.29, 0.717) is 12.0 Å². The van der Waals surface area contributed by atoms with E-state index < -0.39 is 0 Å². The Morgan fingerprint density at radius 2 is 2.17 bits per heavy atom. The standard InChI is InChI=1S/C21H30O2/c1-4-5-6-7-10-20(22)23-15-8-9-17-11-12-19-18(16-17)13-14-21(19,2)3/h4-7,10,16,18-19H,1,8-9,11-15H2,2-3H3/b6-5-,10-7-. The zero-order valence-electron chi connectivity index (χ0n) is 14.6. The Kier molecular flexibility index (Phi) is 6.44. The van der Waals surface area contributed by atoms with Crippen LogP contribution in [0.3, 0.4) is 0 Å². The Hall–Kier alpha value is -1.57. The third-order valence-corrected chi connectivity index (χ3v) is 5.35. The highest BCUT2D eigenvalue weighted by Gasteiger charge is 2.41. The summed E-state index contributed by atoms with van der Waals surface area (Å²) in [6.07, 6.45) is 18.1. The van der Waals surface area contributed by atoms with Gasteiger partial charge < -0.3 is 4.74 Å². The van der Waals surface area contributed by atoms with Crippen molar-refractivity contribution in [2.24, 2.45) is 17.3 Å². The summed E-state index contributed by atoms with van der Waals surface area (Å²) in [7, 11) is 0. The number of carbonyl (C=O) groups excluding carboxylic acids is 1. The van der Waals surface area contributed by atoms with Crippen molar-refractivity contribution in [1.29, 1.82) is 0 Å². The van der Waals surface area contributed by atoms with Crippen LogP contribution in [0.5, 0.6) is 0 Å². The van der Waals surface area contributed by atoms with Gasteiger partial charge in [0.25, 0.3) is 0 Å². The van der Waals surface area contributed by atoms with Crippen LogP contribution < -0.4 is 0 Å². The van der Waals surface area contributed by atoms with E-state index in [0.717, 1.165) is 24.7 Å². The summed E-state index contributed by atoms with van der Waals surface area (Å²) < 4.78 is 5.22. The summed E-state index contributed by atoms with van der Waals surface area (Å²) in [6.45, 7) is 8.92. The first-order valence-electron chi connectivity index (χ1n) is 8.85. The molecule has 2 heteroatoms. The highest BCUT2D eigenvalue weighted by molar-refractivity contribution is 5.82. The number of rotatable bonds is 7. The van der Waals surface area contributed by atoms with Gasteiger partial charge in [-0.05, 0) is 55.8 Å². The molecule has 0 bridgehead atoms. The van der Waals surface area contributed by atoms with Crippen LogP contribution in [0.1, 0.15) is 52.4 Å². The summed E-state index contributed by atoms with van der Waals surface area (Å²) in [5, 5.41) is 0. The van der Waals surface area contributed by atoms with Crippen molar-refractivity contribution in [3.05, 3.63) is 48.6 Å². The van der Waals surface area contributed by atoms with Crippen molar-refractivity contribution >= 4 is 5.97 Å². The van der Waals surface area contributed by atoms with Crippen molar-refractivity contribution in [2.75, 3.05) is 6.61 Å². The Bertz CT molecular complexity index is 508. The predicted molar refractivity (Wildman–Crippen MR) is 96.0 cm³/mol. The fourth-order valence-corrected chi connectivity index (χ4v) is 4.04. The van der Waals surface area contributed by atoms with Crippen LogP contribution in [0.25, 0.3) is 0 Å². The largest absolute Gasteiger partial charge is 0.463 e. The van der Waals surface area contributed by atoms with E-state index >= 15 is 0 Å². The lowest BCUT2D eigenvalue weighted by Crippen LogP contribution is -2.24. The van der Waals surface area contributed by atoms with Gasteiger partial charge in [0, 0.05) is 6.08 Å². The quantitative estimate of drug-likeness (QED) is 0.207. The number of fused-ring (bicyclic) bond motifs is 1. The van der Waals surface area contributed by atoms with Crippen LogP contribution in [-0.2, 0) is 9.53 Å². The zero-order chi connectivity index (χ0) is 16.7. The number of ether oxygens (including phenoxy) is 1. The molecule has 0 aromatic rings. The number of hydrogen-bond donors (Lipinski definition) is 0. The molecule has 2 rings (SSSR count). The SMILES string of the molecule is C=C/C=C\C=C/C(=O)OCCCC1=CC2CCC(C)(C)C2CC1. The minimum absolute atomic E-state index is 0.269. The highest BCUT2D eigenvalue weighted by Crippen LogP contribution is 2.52. The van der Waals surface area contributed by atoms with Crippen LogP contribution in [-0.4, -0.2) is 12.6 Å². The van der Waals surface area contributed by atoms with Crippen molar-refractivity contribution in [3.63, 3.8) is 0 Å². The normalized spacial score (nSPS) is 26.3. The first-order chi connectivity index (χ1) is 11.0. The molecule has 2 nitrogen and oxygen atoms in total. The Balaban J connectivity index is 1.67. The molecule has 0 amide bonds. The maximum Gasteiger partial charge on any atom is 0.330 e. The van der Waals surface area contributed by atoms with Gasteiger partial charge >= 0.3 is 5.97 Å². The molecule has 1 fully saturated rings. The second kappa shape index (κ2) is 8.33. The molecule has 0 radical (unpaired) electrons. The third kappa shape index (κ3) is 5.23. The second-order valence-electron chi connectivity index (χ2n) is 7.41. The zero-order valence-corrected chi connectivity index (χ0v) is 14.6. The first kappa shape index (κ1) is 17.8. The van der Waals surface area contributed by atoms with Gasteiger partial charge in [-0.1, -0.05) is 56.4 Å². The summed E-state index contributed by atoms with van der Waals surface area (Å²) in [4.78, 5) is 11.5. The fourth-order valence-electron chi connectivity index (χ4n) is 4.04. The summed E-state index contributed by atoms with van der Waals surface area (Å²) in [6, 6.07) is 0. The average Bonchev–Trinajstić information content (AvgIpc) is 2.83. The van der Waals surface area contributed by atoms with Crippen LogP contribution >= 0.6 is 0 Å². The minimum Gasteiger partial charge on any atom is -0.463 e. The van der Waals surface area contributed by atoms with Crippen LogP contribution in [0, 0.1) is 17.3 Å². The van der Waals surface area contributed by atoms with Gasteiger partial charge in [0.2, 0.25) is 0 Å². The van der Waals surface area contributed by atoms with Gasteiger partial charge in [-0.25, -0.2) is 4.79 Å². The highest BCUT2D eigenvalue weighted by atomic mass is 16.5. The molecule has 23 heavy (non-hydrogen) atoms. The maximum atomic E-state index is 11.5. The first-order valence-corrected chi connectivity index (χ1v) is 8.85. The molecule has 0 saturated heterocycles.